The Morgan fingerprint density at radius 3 is 2.88 bits per heavy atom. The summed E-state index contributed by atoms with van der Waals surface area (Å²) in [5.41, 5.74) is -0.230. The number of halogens is 1. The van der Waals surface area contributed by atoms with Gasteiger partial charge in [-0.05, 0) is 12.1 Å². The predicted molar refractivity (Wildman–Crippen MR) is 62.5 cm³/mol. The van der Waals surface area contributed by atoms with Crippen LogP contribution in [-0.2, 0) is 9.47 Å². The van der Waals surface area contributed by atoms with Crippen molar-refractivity contribution in [3.63, 3.8) is 0 Å². The molecule has 0 atom stereocenters. The minimum atomic E-state index is -0.478. The Bertz CT molecular complexity index is 367. The van der Waals surface area contributed by atoms with Crippen molar-refractivity contribution in [2.75, 3.05) is 32.2 Å². The van der Waals surface area contributed by atoms with Crippen LogP contribution < -0.4 is 5.32 Å². The van der Waals surface area contributed by atoms with E-state index in [1.165, 1.54) is 6.07 Å². The third-order valence-corrected chi connectivity index (χ3v) is 3.14. The second-order valence-corrected chi connectivity index (χ2v) is 4.20. The van der Waals surface area contributed by atoms with Crippen molar-refractivity contribution in [1.82, 2.24) is 4.98 Å². The van der Waals surface area contributed by atoms with Gasteiger partial charge in [0.05, 0.1) is 5.60 Å². The van der Waals surface area contributed by atoms with E-state index in [4.69, 9.17) is 9.47 Å². The van der Waals surface area contributed by atoms with E-state index in [-0.39, 0.29) is 5.60 Å². The predicted octanol–water partition coefficient (Wildman–Crippen LogP) is 1.83. The van der Waals surface area contributed by atoms with Crippen molar-refractivity contribution in [3.05, 3.63) is 24.1 Å². The average Bonchev–Trinajstić information content (AvgIpc) is 2.38. The van der Waals surface area contributed by atoms with Gasteiger partial charge in [0.15, 0.2) is 0 Å². The molecule has 2 heterocycles. The van der Waals surface area contributed by atoms with E-state index >= 15 is 0 Å². The number of rotatable bonds is 4. The monoisotopic (exact) mass is 240 g/mol. The summed E-state index contributed by atoms with van der Waals surface area (Å²) in [5.74, 6) is 0.0568. The van der Waals surface area contributed by atoms with Crippen molar-refractivity contribution in [1.29, 1.82) is 0 Å². The van der Waals surface area contributed by atoms with Gasteiger partial charge in [0, 0.05) is 39.7 Å². The fourth-order valence-corrected chi connectivity index (χ4v) is 1.95. The Morgan fingerprint density at radius 1 is 1.47 bits per heavy atom. The number of hydrogen-bond donors (Lipinski definition) is 1. The molecule has 94 valence electrons. The van der Waals surface area contributed by atoms with Crippen LogP contribution in [0.25, 0.3) is 0 Å². The number of aromatic nitrogens is 1. The molecule has 17 heavy (non-hydrogen) atoms. The van der Waals surface area contributed by atoms with Crippen molar-refractivity contribution in [2.45, 2.75) is 18.4 Å². The molecule has 0 aromatic carbocycles. The zero-order valence-electron chi connectivity index (χ0n) is 9.91. The highest BCUT2D eigenvalue weighted by atomic mass is 19.1. The molecule has 1 saturated heterocycles. The summed E-state index contributed by atoms with van der Waals surface area (Å²) in [6.07, 6.45) is 1.68. The van der Waals surface area contributed by atoms with Gasteiger partial charge < -0.3 is 14.8 Å². The first-order chi connectivity index (χ1) is 8.24. The molecule has 1 N–H and O–H groups in total. The molecule has 0 spiro atoms. The summed E-state index contributed by atoms with van der Waals surface area (Å²) in [7, 11) is 1.70. The summed E-state index contributed by atoms with van der Waals surface area (Å²) in [5, 5.41) is 3.12. The van der Waals surface area contributed by atoms with Crippen LogP contribution in [0.2, 0.25) is 0 Å². The molecule has 5 heteroatoms. The maximum absolute atomic E-state index is 12.9. The minimum absolute atomic E-state index is 0.230. The first-order valence-corrected chi connectivity index (χ1v) is 5.73. The molecule has 4 nitrogen and oxygen atoms in total. The molecule has 1 aliphatic heterocycles. The molecule has 0 saturated carbocycles. The topological polar surface area (TPSA) is 43.4 Å². The van der Waals surface area contributed by atoms with Gasteiger partial charge in [-0.2, -0.15) is 4.39 Å². The Balaban J connectivity index is 1.95. The third-order valence-electron chi connectivity index (χ3n) is 3.14. The molecule has 0 amide bonds. The van der Waals surface area contributed by atoms with E-state index in [9.17, 15) is 4.39 Å². The zero-order valence-corrected chi connectivity index (χ0v) is 9.91. The summed E-state index contributed by atoms with van der Waals surface area (Å²) >= 11 is 0. The number of ether oxygens (including phenoxy) is 2. The maximum atomic E-state index is 12.9. The minimum Gasteiger partial charge on any atom is -0.381 e. The Morgan fingerprint density at radius 2 is 2.24 bits per heavy atom. The van der Waals surface area contributed by atoms with Gasteiger partial charge >= 0.3 is 0 Å². The molecular weight excluding hydrogens is 223 g/mol. The quantitative estimate of drug-likeness (QED) is 0.815. The number of pyridine rings is 1. The van der Waals surface area contributed by atoms with E-state index in [1.54, 1.807) is 19.2 Å². The Labute approximate surface area is 100 Å². The Hall–Kier alpha value is -1.20. The van der Waals surface area contributed by atoms with Crippen molar-refractivity contribution in [2.24, 2.45) is 0 Å². The number of nitrogens with zero attached hydrogens (tertiary/aromatic N) is 1. The largest absolute Gasteiger partial charge is 0.381 e. The molecule has 0 radical (unpaired) electrons. The first kappa shape index (κ1) is 12.3. The highest BCUT2D eigenvalue weighted by Gasteiger charge is 2.32. The number of hydrogen-bond acceptors (Lipinski definition) is 4. The molecule has 0 aliphatic carbocycles. The summed E-state index contributed by atoms with van der Waals surface area (Å²) < 4.78 is 23.8. The molecule has 1 aromatic rings. The van der Waals surface area contributed by atoms with Crippen LogP contribution in [0, 0.1) is 5.95 Å². The van der Waals surface area contributed by atoms with Crippen LogP contribution in [0.1, 0.15) is 12.8 Å². The fourth-order valence-electron chi connectivity index (χ4n) is 1.95. The van der Waals surface area contributed by atoms with Crippen LogP contribution in [-0.4, -0.2) is 37.5 Å². The van der Waals surface area contributed by atoms with Gasteiger partial charge in [-0.1, -0.05) is 6.07 Å². The summed E-state index contributed by atoms with van der Waals surface area (Å²) in [4.78, 5) is 3.76. The highest BCUT2D eigenvalue weighted by molar-refractivity contribution is 5.34. The van der Waals surface area contributed by atoms with E-state index in [2.05, 4.69) is 10.3 Å². The smallest absolute Gasteiger partial charge is 0.214 e. The van der Waals surface area contributed by atoms with Crippen LogP contribution in [0.4, 0.5) is 10.2 Å². The lowest BCUT2D eigenvalue weighted by atomic mass is 9.94. The van der Waals surface area contributed by atoms with Gasteiger partial charge in [0.25, 0.3) is 0 Å². The first-order valence-electron chi connectivity index (χ1n) is 5.73. The molecule has 0 bridgehead atoms. The standard InChI is InChI=1S/C12H17FN2O2/c1-16-12(5-7-17-8-6-12)9-14-11-4-2-3-10(13)15-11/h2-4H,5-9H2,1H3,(H,14,15). The van der Waals surface area contributed by atoms with Crippen LogP contribution >= 0.6 is 0 Å². The molecule has 1 fully saturated rings. The van der Waals surface area contributed by atoms with Gasteiger partial charge in [0.2, 0.25) is 5.95 Å². The van der Waals surface area contributed by atoms with Gasteiger partial charge in [-0.25, -0.2) is 4.98 Å². The normalized spacial score (nSPS) is 18.9. The third kappa shape index (κ3) is 3.14. The lowest BCUT2D eigenvalue weighted by Gasteiger charge is -2.36. The summed E-state index contributed by atoms with van der Waals surface area (Å²) in [6.45, 7) is 2.02. The number of methoxy groups -OCH3 is 1. The molecule has 1 aliphatic rings. The average molecular weight is 240 g/mol. The van der Waals surface area contributed by atoms with Gasteiger partial charge in [0.1, 0.15) is 5.82 Å². The highest BCUT2D eigenvalue weighted by Crippen LogP contribution is 2.24. The van der Waals surface area contributed by atoms with Gasteiger partial charge in [-0.15, -0.1) is 0 Å². The molecule has 0 unspecified atom stereocenters. The van der Waals surface area contributed by atoms with Crippen LogP contribution in [0.3, 0.4) is 0 Å². The number of nitrogens with one attached hydrogen (secondary N) is 1. The van der Waals surface area contributed by atoms with E-state index < -0.39 is 5.95 Å². The molecular formula is C12H17FN2O2. The number of anilines is 1. The Kier molecular flexibility index (Phi) is 3.91. The van der Waals surface area contributed by atoms with Crippen molar-refractivity contribution < 1.29 is 13.9 Å². The second-order valence-electron chi connectivity index (χ2n) is 4.20. The fraction of sp³-hybridized carbons (Fsp3) is 0.583. The molecule has 1 aromatic heterocycles. The second kappa shape index (κ2) is 5.42. The summed E-state index contributed by atoms with van der Waals surface area (Å²) in [6, 6.07) is 4.70. The zero-order chi connectivity index (χ0) is 12.1. The molecule has 2 rings (SSSR count). The SMILES string of the molecule is COC1(CNc2cccc(F)n2)CCOCC1. The van der Waals surface area contributed by atoms with Gasteiger partial charge in [-0.3, -0.25) is 0 Å². The van der Waals surface area contributed by atoms with Crippen LogP contribution in [0.5, 0.6) is 0 Å². The lowest BCUT2D eigenvalue weighted by molar-refractivity contribution is -0.0807. The maximum Gasteiger partial charge on any atom is 0.214 e. The van der Waals surface area contributed by atoms with E-state index in [0.717, 1.165) is 12.8 Å². The van der Waals surface area contributed by atoms with E-state index in [0.29, 0.717) is 25.6 Å². The van der Waals surface area contributed by atoms with Crippen molar-refractivity contribution in [3.8, 4) is 0 Å². The van der Waals surface area contributed by atoms with Crippen LogP contribution in [0.15, 0.2) is 18.2 Å². The van der Waals surface area contributed by atoms with E-state index in [1.807, 2.05) is 0 Å². The van der Waals surface area contributed by atoms with Crippen molar-refractivity contribution >= 4 is 5.82 Å². The lowest BCUT2D eigenvalue weighted by Crippen LogP contribution is -2.44.